The first kappa shape index (κ1) is 11.1. The van der Waals surface area contributed by atoms with Crippen molar-refractivity contribution in [3.8, 4) is 0 Å². The zero-order valence-electron chi connectivity index (χ0n) is 8.53. The van der Waals surface area contributed by atoms with Gasteiger partial charge in [0.05, 0.1) is 16.3 Å². The molecule has 6 heteroatoms. The molecule has 16 heavy (non-hydrogen) atoms. The first-order valence-corrected chi connectivity index (χ1v) is 6.38. The maximum absolute atomic E-state index is 13.0. The fourth-order valence-corrected chi connectivity index (χ4v) is 3.34. The molecule has 1 heterocycles. The molecule has 0 spiro atoms. The number of rotatable bonds is 0. The van der Waals surface area contributed by atoms with Crippen LogP contribution in [0.15, 0.2) is 23.1 Å². The molecule has 1 amide bonds. The van der Waals surface area contributed by atoms with Gasteiger partial charge in [0, 0.05) is 5.92 Å². The van der Waals surface area contributed by atoms with Crippen LogP contribution in [0.25, 0.3) is 0 Å². The smallest absolute Gasteiger partial charge is 0.228 e. The Morgan fingerprint density at radius 2 is 2.12 bits per heavy atom. The van der Waals surface area contributed by atoms with Gasteiger partial charge in [0.15, 0.2) is 9.84 Å². The van der Waals surface area contributed by atoms with Crippen LogP contribution in [-0.4, -0.2) is 20.1 Å². The van der Waals surface area contributed by atoms with Crippen molar-refractivity contribution in [1.29, 1.82) is 0 Å². The summed E-state index contributed by atoms with van der Waals surface area (Å²) in [6.07, 6.45) is 0. The number of carbonyl (C=O) groups excluding carboxylic acids is 1. The number of halogens is 1. The molecule has 1 atom stereocenters. The zero-order chi connectivity index (χ0) is 11.9. The maximum Gasteiger partial charge on any atom is 0.228 e. The van der Waals surface area contributed by atoms with E-state index in [9.17, 15) is 17.6 Å². The number of amides is 1. The lowest BCUT2D eigenvalue weighted by Gasteiger charge is -2.05. The highest BCUT2D eigenvalue weighted by atomic mass is 32.2. The van der Waals surface area contributed by atoms with Crippen LogP contribution in [0.4, 0.5) is 10.1 Å². The van der Waals surface area contributed by atoms with Gasteiger partial charge < -0.3 is 5.32 Å². The number of benzene rings is 1. The molecule has 0 saturated carbocycles. The fourth-order valence-electron chi connectivity index (χ4n) is 1.61. The molecule has 1 N–H and O–H groups in total. The molecule has 0 bridgehead atoms. The number of fused-ring (bicyclic) bond motifs is 1. The van der Waals surface area contributed by atoms with E-state index in [1.807, 2.05) is 0 Å². The summed E-state index contributed by atoms with van der Waals surface area (Å²) in [6, 6.07) is 3.31. The third-order valence-corrected chi connectivity index (χ3v) is 4.40. The standard InChI is InChI=1S/C10H10FNO3S/c1-6-5-16(14,15)9-4-7(11)2-3-8(9)12-10(6)13/h2-4,6H,5H2,1H3,(H,12,13). The second-order valence-electron chi connectivity index (χ2n) is 3.81. The number of sulfone groups is 1. The Morgan fingerprint density at radius 1 is 1.44 bits per heavy atom. The van der Waals surface area contributed by atoms with E-state index in [1.54, 1.807) is 0 Å². The van der Waals surface area contributed by atoms with Gasteiger partial charge in [-0.1, -0.05) is 6.92 Å². The second kappa shape index (κ2) is 3.55. The van der Waals surface area contributed by atoms with Gasteiger partial charge in [-0.3, -0.25) is 4.79 Å². The van der Waals surface area contributed by atoms with E-state index in [1.165, 1.54) is 13.0 Å². The minimum absolute atomic E-state index is 0.148. The number of nitrogens with one attached hydrogen (secondary N) is 1. The normalized spacial score (nSPS) is 23.1. The Morgan fingerprint density at radius 3 is 2.81 bits per heavy atom. The van der Waals surface area contributed by atoms with Crippen LogP contribution in [0, 0.1) is 11.7 Å². The summed E-state index contributed by atoms with van der Waals surface area (Å²) in [7, 11) is -3.61. The van der Waals surface area contributed by atoms with E-state index in [0.717, 1.165) is 12.1 Å². The molecular weight excluding hydrogens is 233 g/mol. The predicted molar refractivity (Wildman–Crippen MR) is 56.2 cm³/mol. The fraction of sp³-hybridized carbons (Fsp3) is 0.300. The first-order valence-electron chi connectivity index (χ1n) is 4.73. The highest BCUT2D eigenvalue weighted by molar-refractivity contribution is 7.91. The Labute approximate surface area is 92.4 Å². The van der Waals surface area contributed by atoms with Crippen molar-refractivity contribution in [2.75, 3.05) is 11.1 Å². The number of hydrogen-bond acceptors (Lipinski definition) is 3. The molecule has 1 unspecified atom stereocenters. The van der Waals surface area contributed by atoms with Gasteiger partial charge >= 0.3 is 0 Å². The Balaban J connectivity index is 2.66. The highest BCUT2D eigenvalue weighted by Crippen LogP contribution is 2.28. The average Bonchev–Trinajstić information content (AvgIpc) is 2.26. The molecule has 86 valence electrons. The topological polar surface area (TPSA) is 63.2 Å². The largest absolute Gasteiger partial charge is 0.325 e. The molecule has 0 aromatic heterocycles. The second-order valence-corrected chi connectivity index (χ2v) is 5.81. The monoisotopic (exact) mass is 243 g/mol. The van der Waals surface area contributed by atoms with Gasteiger partial charge in [0.2, 0.25) is 5.91 Å². The van der Waals surface area contributed by atoms with E-state index < -0.39 is 21.6 Å². The third-order valence-electron chi connectivity index (χ3n) is 2.45. The summed E-state index contributed by atoms with van der Waals surface area (Å²) < 4.78 is 36.7. The number of hydrogen-bond donors (Lipinski definition) is 1. The van der Waals surface area contributed by atoms with Gasteiger partial charge in [-0.05, 0) is 18.2 Å². The van der Waals surface area contributed by atoms with Gasteiger partial charge in [-0.25, -0.2) is 12.8 Å². The van der Waals surface area contributed by atoms with Crippen molar-refractivity contribution in [3.05, 3.63) is 24.0 Å². The molecule has 1 aromatic carbocycles. The summed E-state index contributed by atoms with van der Waals surface area (Å²) >= 11 is 0. The van der Waals surface area contributed by atoms with Crippen molar-refractivity contribution in [2.24, 2.45) is 5.92 Å². The van der Waals surface area contributed by atoms with Gasteiger partial charge in [0.25, 0.3) is 0 Å². The van der Waals surface area contributed by atoms with Crippen molar-refractivity contribution in [3.63, 3.8) is 0 Å². The summed E-state index contributed by atoms with van der Waals surface area (Å²) in [5.41, 5.74) is 0.149. The van der Waals surface area contributed by atoms with Crippen LogP contribution in [-0.2, 0) is 14.6 Å². The summed E-state index contributed by atoms with van der Waals surface area (Å²) in [5.74, 6) is -1.93. The van der Waals surface area contributed by atoms with Crippen molar-refractivity contribution >= 4 is 21.4 Å². The Bertz CT molecular complexity index is 553. The lowest BCUT2D eigenvalue weighted by Crippen LogP contribution is -2.22. The maximum atomic E-state index is 13.0. The van der Waals surface area contributed by atoms with Gasteiger partial charge in [-0.15, -0.1) is 0 Å². The van der Waals surface area contributed by atoms with E-state index in [4.69, 9.17) is 0 Å². The molecule has 4 nitrogen and oxygen atoms in total. The van der Waals surface area contributed by atoms with Crippen molar-refractivity contribution in [1.82, 2.24) is 0 Å². The number of carbonyl (C=O) groups is 1. The molecule has 1 aliphatic rings. The van der Waals surface area contributed by atoms with Crippen molar-refractivity contribution in [2.45, 2.75) is 11.8 Å². The highest BCUT2D eigenvalue weighted by Gasteiger charge is 2.30. The predicted octanol–water partition coefficient (Wildman–Crippen LogP) is 1.19. The van der Waals surface area contributed by atoms with Gasteiger partial charge in [0.1, 0.15) is 5.82 Å². The van der Waals surface area contributed by atoms with E-state index in [-0.39, 0.29) is 22.2 Å². The van der Waals surface area contributed by atoms with Crippen LogP contribution >= 0.6 is 0 Å². The molecular formula is C10H10FNO3S. The van der Waals surface area contributed by atoms with E-state index >= 15 is 0 Å². The van der Waals surface area contributed by atoms with Crippen LogP contribution in [0.2, 0.25) is 0 Å². The molecule has 0 saturated heterocycles. The molecule has 2 rings (SSSR count). The summed E-state index contributed by atoms with van der Waals surface area (Å²) in [6.45, 7) is 1.52. The average molecular weight is 243 g/mol. The Kier molecular flexibility index (Phi) is 2.46. The SMILES string of the molecule is CC1CS(=O)(=O)c2cc(F)ccc2NC1=O. The minimum atomic E-state index is -3.61. The molecule has 1 aliphatic heterocycles. The van der Waals surface area contributed by atoms with Crippen LogP contribution in [0.3, 0.4) is 0 Å². The van der Waals surface area contributed by atoms with Crippen LogP contribution in [0.1, 0.15) is 6.92 Å². The van der Waals surface area contributed by atoms with Gasteiger partial charge in [-0.2, -0.15) is 0 Å². The quantitative estimate of drug-likeness (QED) is 0.744. The lowest BCUT2D eigenvalue weighted by atomic mass is 10.2. The van der Waals surface area contributed by atoms with E-state index in [2.05, 4.69) is 5.32 Å². The summed E-state index contributed by atoms with van der Waals surface area (Å²) in [5, 5.41) is 2.47. The third kappa shape index (κ3) is 1.80. The van der Waals surface area contributed by atoms with Crippen molar-refractivity contribution < 1.29 is 17.6 Å². The minimum Gasteiger partial charge on any atom is -0.325 e. The molecule has 0 radical (unpaired) electrons. The van der Waals surface area contributed by atoms with Crippen LogP contribution < -0.4 is 5.32 Å². The molecule has 1 aromatic rings. The molecule has 0 fully saturated rings. The summed E-state index contributed by atoms with van der Waals surface area (Å²) in [4.78, 5) is 11.3. The molecule has 0 aliphatic carbocycles. The van der Waals surface area contributed by atoms with Crippen LogP contribution in [0.5, 0.6) is 0 Å². The Hall–Kier alpha value is -1.43. The number of anilines is 1. The zero-order valence-corrected chi connectivity index (χ0v) is 9.34. The van der Waals surface area contributed by atoms with E-state index in [0.29, 0.717) is 0 Å². The first-order chi connectivity index (χ1) is 7.40. The lowest BCUT2D eigenvalue weighted by molar-refractivity contribution is -0.118.